The van der Waals surface area contributed by atoms with Gasteiger partial charge in [0, 0.05) is 12.6 Å². The summed E-state index contributed by atoms with van der Waals surface area (Å²) in [7, 11) is -3.55. The lowest BCUT2D eigenvalue weighted by Crippen LogP contribution is -2.25. The van der Waals surface area contributed by atoms with Gasteiger partial charge in [-0.2, -0.15) is 8.42 Å². The maximum Gasteiger partial charge on any atom is 0.306 e. The number of rotatable bonds is 7. The van der Waals surface area contributed by atoms with Gasteiger partial charge < -0.3 is 14.0 Å². The quantitative estimate of drug-likeness (QED) is 0.748. The molecule has 0 unspecified atom stereocenters. The molecule has 7 heteroatoms. The van der Waals surface area contributed by atoms with Gasteiger partial charge in [0.25, 0.3) is 0 Å². The van der Waals surface area contributed by atoms with Crippen LogP contribution in [0.2, 0.25) is 0 Å². The van der Waals surface area contributed by atoms with E-state index in [9.17, 15) is 13.5 Å². The van der Waals surface area contributed by atoms with E-state index in [-0.39, 0.29) is 11.5 Å². The summed E-state index contributed by atoms with van der Waals surface area (Å²) in [6, 6.07) is 11.7. The van der Waals surface area contributed by atoms with Gasteiger partial charge in [0.05, 0.1) is 6.26 Å². The van der Waals surface area contributed by atoms with Crippen LogP contribution in [0.25, 0.3) is 11.1 Å². The van der Waals surface area contributed by atoms with Crippen molar-refractivity contribution in [3.8, 4) is 28.4 Å². The Balaban J connectivity index is 1.68. The summed E-state index contributed by atoms with van der Waals surface area (Å²) in [4.78, 5) is 2.37. The van der Waals surface area contributed by atoms with Gasteiger partial charge in [0.15, 0.2) is 0 Å². The Kier molecular flexibility index (Phi) is 5.68. The first kappa shape index (κ1) is 18.5. The van der Waals surface area contributed by atoms with E-state index in [4.69, 9.17) is 8.92 Å². The topological polar surface area (TPSA) is 76.1 Å². The van der Waals surface area contributed by atoms with Crippen LogP contribution in [-0.4, -0.2) is 50.9 Å². The molecule has 3 rings (SSSR count). The van der Waals surface area contributed by atoms with Crippen molar-refractivity contribution in [2.45, 2.75) is 12.8 Å². The van der Waals surface area contributed by atoms with Gasteiger partial charge in [-0.3, -0.25) is 4.90 Å². The molecule has 1 aliphatic heterocycles. The van der Waals surface area contributed by atoms with Gasteiger partial charge in [-0.15, -0.1) is 0 Å². The third-order valence-corrected chi connectivity index (χ3v) is 4.70. The maximum atomic E-state index is 11.2. The molecule has 1 N–H and O–H groups in total. The van der Waals surface area contributed by atoms with Gasteiger partial charge in [-0.1, -0.05) is 12.1 Å². The number of nitrogens with zero attached hydrogens (tertiary/aromatic N) is 1. The fraction of sp³-hybridized carbons (Fsp3) is 0.368. The molecule has 2 aromatic carbocycles. The highest BCUT2D eigenvalue weighted by Gasteiger charge is 2.11. The van der Waals surface area contributed by atoms with E-state index in [0.717, 1.165) is 37.0 Å². The van der Waals surface area contributed by atoms with Crippen molar-refractivity contribution < 1.29 is 22.4 Å². The number of benzene rings is 2. The molecule has 0 atom stereocenters. The van der Waals surface area contributed by atoms with Crippen molar-refractivity contribution in [3.05, 3.63) is 42.5 Å². The van der Waals surface area contributed by atoms with Crippen molar-refractivity contribution in [2.75, 3.05) is 32.5 Å². The molecule has 1 aliphatic rings. The largest absolute Gasteiger partial charge is 0.508 e. The summed E-state index contributed by atoms with van der Waals surface area (Å²) >= 11 is 0. The fourth-order valence-electron chi connectivity index (χ4n) is 3.01. The zero-order valence-corrected chi connectivity index (χ0v) is 15.5. The highest BCUT2D eigenvalue weighted by molar-refractivity contribution is 7.86. The highest BCUT2D eigenvalue weighted by Crippen LogP contribution is 2.30. The minimum Gasteiger partial charge on any atom is -0.508 e. The van der Waals surface area contributed by atoms with Gasteiger partial charge >= 0.3 is 10.1 Å². The summed E-state index contributed by atoms with van der Waals surface area (Å²) in [5.74, 6) is 0.976. The Morgan fingerprint density at radius 3 is 2.35 bits per heavy atom. The van der Waals surface area contributed by atoms with Crippen LogP contribution in [-0.2, 0) is 10.1 Å². The van der Waals surface area contributed by atoms with Crippen molar-refractivity contribution in [2.24, 2.45) is 0 Å². The highest BCUT2D eigenvalue weighted by atomic mass is 32.2. The first-order chi connectivity index (χ1) is 12.4. The Bertz CT molecular complexity index is 843. The fourth-order valence-corrected chi connectivity index (χ4v) is 3.47. The van der Waals surface area contributed by atoms with Crippen molar-refractivity contribution in [1.82, 2.24) is 4.90 Å². The maximum absolute atomic E-state index is 11.2. The van der Waals surface area contributed by atoms with Crippen LogP contribution < -0.4 is 8.92 Å². The normalized spacial score (nSPS) is 15.1. The number of phenolic OH excluding ortho intramolecular Hbond substituents is 1. The average molecular weight is 377 g/mol. The van der Waals surface area contributed by atoms with E-state index in [1.807, 2.05) is 6.07 Å². The number of ether oxygens (including phenoxy) is 1. The smallest absolute Gasteiger partial charge is 0.306 e. The number of aromatic hydroxyl groups is 1. The molecule has 0 spiro atoms. The molecule has 1 heterocycles. The van der Waals surface area contributed by atoms with E-state index in [2.05, 4.69) is 4.90 Å². The number of likely N-dealkylation sites (tertiary alicyclic amines) is 1. The number of hydrogen-bond acceptors (Lipinski definition) is 6. The predicted octanol–water partition coefficient (Wildman–Crippen LogP) is 2.87. The standard InChI is InChI=1S/C19H23NO5S/c1-26(22,23)25-18-6-4-15(5-7-18)16-12-17(21)14-19(13-16)24-11-10-20-8-2-3-9-20/h4-7,12-14,21H,2-3,8-11H2,1H3. The Morgan fingerprint density at radius 1 is 1.00 bits per heavy atom. The molecule has 0 aromatic heterocycles. The molecule has 6 nitrogen and oxygen atoms in total. The van der Waals surface area contributed by atoms with E-state index >= 15 is 0 Å². The first-order valence-electron chi connectivity index (χ1n) is 8.58. The molecular weight excluding hydrogens is 354 g/mol. The van der Waals surface area contributed by atoms with E-state index in [1.54, 1.807) is 36.4 Å². The number of hydrogen-bond donors (Lipinski definition) is 1. The minimum absolute atomic E-state index is 0.120. The second-order valence-electron chi connectivity index (χ2n) is 6.42. The van der Waals surface area contributed by atoms with Gasteiger partial charge in [-0.05, 0) is 61.3 Å². The van der Waals surface area contributed by atoms with Crippen LogP contribution in [0.4, 0.5) is 0 Å². The van der Waals surface area contributed by atoms with E-state index < -0.39 is 10.1 Å². The lowest BCUT2D eigenvalue weighted by atomic mass is 10.1. The minimum atomic E-state index is -3.55. The molecule has 0 saturated carbocycles. The van der Waals surface area contributed by atoms with E-state index in [1.165, 1.54) is 12.8 Å². The van der Waals surface area contributed by atoms with Crippen LogP contribution >= 0.6 is 0 Å². The lowest BCUT2D eigenvalue weighted by Gasteiger charge is -2.15. The molecule has 26 heavy (non-hydrogen) atoms. The van der Waals surface area contributed by atoms with Gasteiger partial charge in [0.2, 0.25) is 0 Å². The second-order valence-corrected chi connectivity index (χ2v) is 8.00. The number of phenols is 1. The van der Waals surface area contributed by atoms with Gasteiger partial charge in [0.1, 0.15) is 23.9 Å². The summed E-state index contributed by atoms with van der Waals surface area (Å²) in [5.41, 5.74) is 1.61. The molecule has 140 valence electrons. The molecule has 0 amide bonds. The monoisotopic (exact) mass is 377 g/mol. The predicted molar refractivity (Wildman–Crippen MR) is 100 cm³/mol. The van der Waals surface area contributed by atoms with Gasteiger partial charge in [-0.25, -0.2) is 0 Å². The summed E-state index contributed by atoms with van der Waals surface area (Å²) in [6.07, 6.45) is 3.49. The van der Waals surface area contributed by atoms with Crippen molar-refractivity contribution in [1.29, 1.82) is 0 Å². The Morgan fingerprint density at radius 2 is 1.69 bits per heavy atom. The molecule has 1 fully saturated rings. The third-order valence-electron chi connectivity index (χ3n) is 4.20. The third kappa shape index (κ3) is 5.37. The van der Waals surface area contributed by atoms with Crippen LogP contribution in [0, 0.1) is 0 Å². The summed E-state index contributed by atoms with van der Waals surface area (Å²) < 4.78 is 33.0. The first-order valence-corrected chi connectivity index (χ1v) is 10.4. The lowest BCUT2D eigenvalue weighted by molar-refractivity contribution is 0.237. The zero-order valence-electron chi connectivity index (χ0n) is 14.7. The summed E-state index contributed by atoms with van der Waals surface area (Å²) in [6.45, 7) is 3.69. The van der Waals surface area contributed by atoms with Crippen LogP contribution in [0.15, 0.2) is 42.5 Å². The SMILES string of the molecule is CS(=O)(=O)Oc1ccc(-c2cc(O)cc(OCCN3CCCC3)c2)cc1. The van der Waals surface area contributed by atoms with Crippen molar-refractivity contribution in [3.63, 3.8) is 0 Å². The molecule has 0 radical (unpaired) electrons. The van der Waals surface area contributed by atoms with Crippen LogP contribution in [0.1, 0.15) is 12.8 Å². The molecule has 1 saturated heterocycles. The summed E-state index contributed by atoms with van der Waals surface area (Å²) in [5, 5.41) is 9.98. The second kappa shape index (κ2) is 7.97. The van der Waals surface area contributed by atoms with E-state index in [0.29, 0.717) is 12.4 Å². The average Bonchev–Trinajstić information content (AvgIpc) is 3.07. The Labute approximate surface area is 154 Å². The van der Waals surface area contributed by atoms with Crippen molar-refractivity contribution >= 4 is 10.1 Å². The molecule has 0 aliphatic carbocycles. The molecule has 2 aromatic rings. The molecule has 0 bridgehead atoms. The van der Waals surface area contributed by atoms with Crippen LogP contribution in [0.3, 0.4) is 0 Å². The zero-order chi connectivity index (χ0) is 18.6. The van der Waals surface area contributed by atoms with Crippen LogP contribution in [0.5, 0.6) is 17.2 Å². The Hall–Kier alpha value is -2.25. The molecular formula is C19H23NO5S.